The Balaban J connectivity index is 1.73. The van der Waals surface area contributed by atoms with Gasteiger partial charge in [-0.2, -0.15) is 0 Å². The second-order valence-electron chi connectivity index (χ2n) is 7.81. The summed E-state index contributed by atoms with van der Waals surface area (Å²) in [6, 6.07) is 0. The largest absolute Gasteiger partial charge is 0.381 e. The highest BCUT2D eigenvalue weighted by Gasteiger charge is 2.71. The Morgan fingerprint density at radius 2 is 2.05 bits per heavy atom. The van der Waals surface area contributed by atoms with Crippen LogP contribution in [-0.2, 0) is 14.2 Å². The van der Waals surface area contributed by atoms with Crippen LogP contribution in [0, 0.1) is 17.8 Å². The second-order valence-corrected chi connectivity index (χ2v) is 7.81. The van der Waals surface area contributed by atoms with Crippen LogP contribution in [0.2, 0.25) is 0 Å². The lowest BCUT2D eigenvalue weighted by atomic mass is 9.66. The van der Waals surface area contributed by atoms with Crippen LogP contribution < -0.4 is 0 Å². The zero-order chi connectivity index (χ0) is 14.5. The molecule has 6 atom stereocenters. The van der Waals surface area contributed by atoms with Crippen molar-refractivity contribution in [3.05, 3.63) is 0 Å². The number of hydrogen-bond acceptors (Lipinski definition) is 3. The summed E-state index contributed by atoms with van der Waals surface area (Å²) in [6.07, 6.45) is 5.48. The van der Waals surface area contributed by atoms with Gasteiger partial charge in [0.15, 0.2) is 0 Å². The minimum Gasteiger partial charge on any atom is -0.381 e. The topological polar surface area (TPSA) is 34.3 Å². The van der Waals surface area contributed by atoms with Crippen LogP contribution in [0.5, 0.6) is 0 Å². The second kappa shape index (κ2) is 4.96. The molecule has 2 unspecified atom stereocenters. The van der Waals surface area contributed by atoms with E-state index < -0.39 is 0 Å². The van der Waals surface area contributed by atoms with Crippen molar-refractivity contribution in [3.63, 3.8) is 0 Å². The Kier molecular flexibility index (Phi) is 3.67. The molecule has 3 rings (SSSR count). The first-order valence-corrected chi connectivity index (χ1v) is 8.27. The minimum absolute atomic E-state index is 0.0270. The molecule has 0 radical (unpaired) electrons. The normalized spacial score (nSPS) is 50.7. The standard InChI is InChI=1S/C17H30O3/c1-11(2)6-7-13-16(4,20-13)15-14(18-5)12(3)8-9-17(15)10-19-17/h11-15H,6-10H2,1-5H3/t12?,13-,14-,15-,16?,17+/m1/s1. The van der Waals surface area contributed by atoms with E-state index in [1.807, 2.05) is 7.11 Å². The van der Waals surface area contributed by atoms with Gasteiger partial charge in [0.1, 0.15) is 5.60 Å². The Morgan fingerprint density at radius 3 is 2.60 bits per heavy atom. The van der Waals surface area contributed by atoms with Gasteiger partial charge in [-0.1, -0.05) is 20.8 Å². The summed E-state index contributed by atoms with van der Waals surface area (Å²) in [4.78, 5) is 0. The Hall–Kier alpha value is -0.120. The number of methoxy groups -OCH3 is 1. The molecular weight excluding hydrogens is 252 g/mol. The third-order valence-corrected chi connectivity index (χ3v) is 5.87. The lowest BCUT2D eigenvalue weighted by Gasteiger charge is -2.42. The fourth-order valence-corrected chi connectivity index (χ4v) is 4.43. The molecular formula is C17H30O3. The van der Waals surface area contributed by atoms with Crippen LogP contribution >= 0.6 is 0 Å². The molecule has 0 aromatic heterocycles. The summed E-state index contributed by atoms with van der Waals surface area (Å²) in [7, 11) is 1.85. The van der Waals surface area contributed by atoms with Gasteiger partial charge in [-0.05, 0) is 44.4 Å². The highest BCUT2D eigenvalue weighted by Crippen LogP contribution is 2.60. The minimum atomic E-state index is -0.0270. The van der Waals surface area contributed by atoms with E-state index in [4.69, 9.17) is 14.2 Å². The zero-order valence-electron chi connectivity index (χ0n) is 13.6. The molecule has 2 saturated heterocycles. The maximum atomic E-state index is 6.19. The van der Waals surface area contributed by atoms with E-state index in [2.05, 4.69) is 27.7 Å². The smallest absolute Gasteiger partial charge is 0.100 e. The lowest BCUT2D eigenvalue weighted by Crippen LogP contribution is -2.52. The molecule has 116 valence electrons. The molecule has 3 fully saturated rings. The maximum absolute atomic E-state index is 6.19. The van der Waals surface area contributed by atoms with E-state index in [1.54, 1.807) is 0 Å². The van der Waals surface area contributed by atoms with Crippen molar-refractivity contribution in [2.75, 3.05) is 13.7 Å². The van der Waals surface area contributed by atoms with Crippen molar-refractivity contribution in [1.29, 1.82) is 0 Å². The van der Waals surface area contributed by atoms with Gasteiger partial charge < -0.3 is 14.2 Å². The molecule has 0 N–H and O–H groups in total. The summed E-state index contributed by atoms with van der Waals surface area (Å²) >= 11 is 0. The SMILES string of the molecule is CO[C@@H]1C(C)CC[C@]2(CO2)[C@H]1C1(C)O[C@@H]1CCC(C)C. The zero-order valence-corrected chi connectivity index (χ0v) is 13.6. The molecule has 3 heteroatoms. The number of epoxide rings is 2. The van der Waals surface area contributed by atoms with Crippen LogP contribution in [0.4, 0.5) is 0 Å². The first-order valence-electron chi connectivity index (χ1n) is 8.27. The first-order chi connectivity index (χ1) is 9.43. The highest BCUT2D eigenvalue weighted by molar-refractivity contribution is 5.18. The molecule has 2 aliphatic heterocycles. The van der Waals surface area contributed by atoms with E-state index in [1.165, 1.54) is 25.7 Å². The van der Waals surface area contributed by atoms with Crippen LogP contribution in [0.1, 0.15) is 53.4 Å². The average molecular weight is 282 g/mol. The molecule has 3 nitrogen and oxygen atoms in total. The van der Waals surface area contributed by atoms with Crippen LogP contribution in [0.25, 0.3) is 0 Å². The quantitative estimate of drug-likeness (QED) is 0.725. The fraction of sp³-hybridized carbons (Fsp3) is 1.00. The van der Waals surface area contributed by atoms with Gasteiger partial charge in [0, 0.05) is 13.0 Å². The van der Waals surface area contributed by atoms with Gasteiger partial charge in [0.05, 0.1) is 24.4 Å². The third kappa shape index (κ3) is 2.32. The van der Waals surface area contributed by atoms with Crippen LogP contribution in [-0.4, -0.2) is 37.1 Å². The Bertz CT molecular complexity index is 363. The van der Waals surface area contributed by atoms with Crippen molar-refractivity contribution in [3.8, 4) is 0 Å². The predicted molar refractivity (Wildman–Crippen MR) is 78.7 cm³/mol. The average Bonchev–Trinajstić information content (AvgIpc) is 3.29. The van der Waals surface area contributed by atoms with Crippen LogP contribution in [0.3, 0.4) is 0 Å². The fourth-order valence-electron chi connectivity index (χ4n) is 4.43. The monoisotopic (exact) mass is 282 g/mol. The van der Waals surface area contributed by atoms with E-state index in [0.29, 0.717) is 17.9 Å². The van der Waals surface area contributed by atoms with Crippen molar-refractivity contribution < 1.29 is 14.2 Å². The summed E-state index contributed by atoms with van der Waals surface area (Å²) in [6.45, 7) is 10.1. The predicted octanol–water partition coefficient (Wildman–Crippen LogP) is 3.41. The lowest BCUT2D eigenvalue weighted by molar-refractivity contribution is -0.0776. The summed E-state index contributed by atoms with van der Waals surface area (Å²) in [5.41, 5.74) is 0.0370. The molecule has 1 saturated carbocycles. The summed E-state index contributed by atoms with van der Waals surface area (Å²) < 4.78 is 18.0. The molecule has 0 aromatic rings. The molecule has 20 heavy (non-hydrogen) atoms. The van der Waals surface area contributed by atoms with Gasteiger partial charge in [-0.15, -0.1) is 0 Å². The van der Waals surface area contributed by atoms with Gasteiger partial charge >= 0.3 is 0 Å². The van der Waals surface area contributed by atoms with Gasteiger partial charge in [-0.25, -0.2) is 0 Å². The van der Waals surface area contributed by atoms with Crippen LogP contribution in [0.15, 0.2) is 0 Å². The maximum Gasteiger partial charge on any atom is 0.100 e. The Labute approximate surface area is 123 Å². The molecule has 0 bridgehead atoms. The molecule has 1 spiro atoms. The third-order valence-electron chi connectivity index (χ3n) is 5.87. The molecule has 0 aromatic carbocycles. The number of rotatable bonds is 5. The number of hydrogen-bond donors (Lipinski definition) is 0. The Morgan fingerprint density at radius 1 is 1.35 bits per heavy atom. The summed E-state index contributed by atoms with van der Waals surface area (Å²) in [5.74, 6) is 1.76. The van der Waals surface area contributed by atoms with E-state index in [9.17, 15) is 0 Å². The molecule has 0 amide bonds. The molecule has 3 aliphatic rings. The van der Waals surface area contributed by atoms with E-state index >= 15 is 0 Å². The van der Waals surface area contributed by atoms with Gasteiger partial charge in [0.2, 0.25) is 0 Å². The highest BCUT2D eigenvalue weighted by atomic mass is 16.6. The van der Waals surface area contributed by atoms with E-state index in [-0.39, 0.29) is 17.3 Å². The molecule has 2 heterocycles. The first kappa shape index (κ1) is 14.8. The van der Waals surface area contributed by atoms with E-state index in [0.717, 1.165) is 12.5 Å². The van der Waals surface area contributed by atoms with Crippen molar-refractivity contribution >= 4 is 0 Å². The van der Waals surface area contributed by atoms with Gasteiger partial charge in [0.25, 0.3) is 0 Å². The van der Waals surface area contributed by atoms with Gasteiger partial charge in [-0.3, -0.25) is 0 Å². The summed E-state index contributed by atoms with van der Waals surface area (Å²) in [5, 5.41) is 0. The molecule has 1 aliphatic carbocycles. The van der Waals surface area contributed by atoms with Crippen molar-refractivity contribution in [1.82, 2.24) is 0 Å². The van der Waals surface area contributed by atoms with Crippen molar-refractivity contribution in [2.45, 2.75) is 76.8 Å². The van der Waals surface area contributed by atoms with Crippen molar-refractivity contribution in [2.24, 2.45) is 17.8 Å². The number of ether oxygens (including phenoxy) is 3.